The molecule has 0 saturated carbocycles. The predicted octanol–water partition coefficient (Wildman–Crippen LogP) is 4.11. The zero-order valence-corrected chi connectivity index (χ0v) is 14.6. The predicted molar refractivity (Wildman–Crippen MR) is 95.1 cm³/mol. The third-order valence-electron chi connectivity index (χ3n) is 4.41. The maximum atomic E-state index is 13.3. The first-order chi connectivity index (χ1) is 12.4. The topological polar surface area (TPSA) is 49.4 Å². The lowest BCUT2D eigenvalue weighted by atomic mass is 9.95. The highest BCUT2D eigenvalue weighted by Crippen LogP contribution is 2.22. The third-order valence-corrected chi connectivity index (χ3v) is 4.65. The maximum absolute atomic E-state index is 13.3. The lowest BCUT2D eigenvalue weighted by Gasteiger charge is -2.31. The standard InChI is InChI=1S/C19H17ClF2N2O2/c20-14-2-1-3-15(11-14)23-18(25)12-6-8-24(9-7-12)19(26)13-4-5-16(21)17(22)10-13/h1-5,10-12H,6-9H2,(H,23,25). The zero-order valence-electron chi connectivity index (χ0n) is 13.8. The second-order valence-corrected chi connectivity index (χ2v) is 6.63. The molecule has 1 N–H and O–H groups in total. The van der Waals surface area contributed by atoms with Gasteiger partial charge in [-0.15, -0.1) is 0 Å². The number of rotatable bonds is 3. The van der Waals surface area contributed by atoms with Crippen LogP contribution in [0.5, 0.6) is 0 Å². The Balaban J connectivity index is 1.57. The highest BCUT2D eigenvalue weighted by Gasteiger charge is 2.28. The zero-order chi connectivity index (χ0) is 18.7. The van der Waals surface area contributed by atoms with Gasteiger partial charge in [0, 0.05) is 35.3 Å². The van der Waals surface area contributed by atoms with E-state index in [-0.39, 0.29) is 23.3 Å². The number of nitrogens with one attached hydrogen (secondary N) is 1. The van der Waals surface area contributed by atoms with E-state index < -0.39 is 11.6 Å². The Labute approximate surface area is 154 Å². The number of nitrogens with zero attached hydrogens (tertiary/aromatic N) is 1. The molecule has 136 valence electrons. The van der Waals surface area contributed by atoms with Crippen molar-refractivity contribution >= 4 is 29.1 Å². The molecular weight excluding hydrogens is 362 g/mol. The fourth-order valence-electron chi connectivity index (χ4n) is 2.97. The van der Waals surface area contributed by atoms with Crippen LogP contribution in [-0.2, 0) is 4.79 Å². The average Bonchev–Trinajstić information content (AvgIpc) is 2.63. The summed E-state index contributed by atoms with van der Waals surface area (Å²) in [5.41, 5.74) is 0.730. The molecule has 0 radical (unpaired) electrons. The van der Waals surface area contributed by atoms with Crippen molar-refractivity contribution < 1.29 is 18.4 Å². The summed E-state index contributed by atoms with van der Waals surface area (Å²) in [5, 5.41) is 3.36. The lowest BCUT2D eigenvalue weighted by Crippen LogP contribution is -2.41. The summed E-state index contributed by atoms with van der Waals surface area (Å²) in [6, 6.07) is 10.00. The second-order valence-electron chi connectivity index (χ2n) is 6.19. The number of anilines is 1. The van der Waals surface area contributed by atoms with Gasteiger partial charge in [0.1, 0.15) is 0 Å². The molecule has 0 bridgehead atoms. The number of benzene rings is 2. The van der Waals surface area contributed by atoms with Crippen molar-refractivity contribution in [2.24, 2.45) is 5.92 Å². The van der Waals surface area contributed by atoms with Crippen LogP contribution in [0.1, 0.15) is 23.2 Å². The molecule has 2 aromatic carbocycles. The van der Waals surface area contributed by atoms with Crippen LogP contribution in [-0.4, -0.2) is 29.8 Å². The Bertz CT molecular complexity index is 836. The molecule has 0 aliphatic carbocycles. The quantitative estimate of drug-likeness (QED) is 0.873. The molecule has 0 atom stereocenters. The van der Waals surface area contributed by atoms with E-state index in [1.165, 1.54) is 6.07 Å². The summed E-state index contributed by atoms with van der Waals surface area (Å²) < 4.78 is 26.3. The highest BCUT2D eigenvalue weighted by molar-refractivity contribution is 6.30. The summed E-state index contributed by atoms with van der Waals surface area (Å²) >= 11 is 5.90. The minimum atomic E-state index is -1.05. The number of halogens is 3. The van der Waals surface area contributed by atoms with E-state index in [4.69, 9.17) is 11.6 Å². The van der Waals surface area contributed by atoms with Gasteiger partial charge in [0.05, 0.1) is 0 Å². The second kappa shape index (κ2) is 7.83. The summed E-state index contributed by atoms with van der Waals surface area (Å²) in [6.07, 6.45) is 1.00. The van der Waals surface area contributed by atoms with Crippen molar-refractivity contribution in [3.8, 4) is 0 Å². The monoisotopic (exact) mass is 378 g/mol. The minimum absolute atomic E-state index is 0.103. The van der Waals surface area contributed by atoms with Crippen LogP contribution < -0.4 is 5.32 Å². The summed E-state index contributed by atoms with van der Waals surface area (Å²) in [7, 11) is 0. The summed E-state index contributed by atoms with van der Waals surface area (Å²) in [6.45, 7) is 0.761. The molecule has 1 aliphatic rings. The van der Waals surface area contributed by atoms with Crippen LogP contribution in [0, 0.1) is 17.6 Å². The third kappa shape index (κ3) is 4.19. The van der Waals surface area contributed by atoms with Gasteiger partial charge in [-0.1, -0.05) is 17.7 Å². The minimum Gasteiger partial charge on any atom is -0.339 e. The van der Waals surface area contributed by atoms with Crippen LogP contribution in [0.4, 0.5) is 14.5 Å². The van der Waals surface area contributed by atoms with Crippen LogP contribution in [0.3, 0.4) is 0 Å². The van der Waals surface area contributed by atoms with E-state index in [0.29, 0.717) is 36.6 Å². The largest absolute Gasteiger partial charge is 0.339 e. The first-order valence-electron chi connectivity index (χ1n) is 8.25. The number of carbonyl (C=O) groups is 2. The van der Waals surface area contributed by atoms with Crippen molar-refractivity contribution in [1.29, 1.82) is 0 Å². The van der Waals surface area contributed by atoms with Crippen molar-refractivity contribution in [3.63, 3.8) is 0 Å². The van der Waals surface area contributed by atoms with E-state index in [2.05, 4.69) is 5.32 Å². The normalized spacial score (nSPS) is 15.0. The van der Waals surface area contributed by atoms with E-state index in [1.54, 1.807) is 29.2 Å². The van der Waals surface area contributed by atoms with Gasteiger partial charge >= 0.3 is 0 Å². The SMILES string of the molecule is O=C(Nc1cccc(Cl)c1)C1CCN(C(=O)c2ccc(F)c(F)c2)CC1. The number of amides is 2. The maximum Gasteiger partial charge on any atom is 0.253 e. The molecule has 1 aliphatic heterocycles. The molecule has 1 fully saturated rings. The Morgan fingerprint density at radius 2 is 1.77 bits per heavy atom. The summed E-state index contributed by atoms with van der Waals surface area (Å²) in [5.74, 6) is -2.74. The van der Waals surface area contributed by atoms with Gasteiger partial charge in [-0.25, -0.2) is 8.78 Å². The van der Waals surface area contributed by atoms with E-state index >= 15 is 0 Å². The fraction of sp³-hybridized carbons (Fsp3) is 0.263. The molecule has 0 unspecified atom stereocenters. The van der Waals surface area contributed by atoms with Crippen molar-refractivity contribution in [2.45, 2.75) is 12.8 Å². The van der Waals surface area contributed by atoms with Gasteiger partial charge in [0.2, 0.25) is 5.91 Å². The van der Waals surface area contributed by atoms with Gasteiger partial charge in [-0.3, -0.25) is 9.59 Å². The lowest BCUT2D eigenvalue weighted by molar-refractivity contribution is -0.121. The number of hydrogen-bond donors (Lipinski definition) is 1. The molecule has 4 nitrogen and oxygen atoms in total. The van der Waals surface area contributed by atoms with Gasteiger partial charge in [-0.2, -0.15) is 0 Å². The highest BCUT2D eigenvalue weighted by atomic mass is 35.5. The molecule has 2 amide bonds. The van der Waals surface area contributed by atoms with Crippen LogP contribution in [0.25, 0.3) is 0 Å². The van der Waals surface area contributed by atoms with Crippen LogP contribution in [0.2, 0.25) is 5.02 Å². The van der Waals surface area contributed by atoms with Gasteiger partial charge in [0.25, 0.3) is 5.91 Å². The van der Waals surface area contributed by atoms with Gasteiger partial charge in [-0.05, 0) is 49.2 Å². The van der Waals surface area contributed by atoms with E-state index in [9.17, 15) is 18.4 Å². The van der Waals surface area contributed by atoms with Gasteiger partial charge in [0.15, 0.2) is 11.6 Å². The smallest absolute Gasteiger partial charge is 0.253 e. The molecule has 1 saturated heterocycles. The number of likely N-dealkylation sites (tertiary alicyclic amines) is 1. The first kappa shape index (κ1) is 18.3. The van der Waals surface area contributed by atoms with Crippen LogP contribution >= 0.6 is 11.6 Å². The Morgan fingerprint density at radius 3 is 2.42 bits per heavy atom. The Kier molecular flexibility index (Phi) is 5.52. The molecule has 3 rings (SSSR count). The number of carbonyl (C=O) groups excluding carboxylic acids is 2. The number of piperidine rings is 1. The molecule has 0 aromatic heterocycles. The van der Waals surface area contributed by atoms with Crippen molar-refractivity contribution in [1.82, 2.24) is 4.90 Å². The number of hydrogen-bond acceptors (Lipinski definition) is 2. The first-order valence-corrected chi connectivity index (χ1v) is 8.62. The molecule has 7 heteroatoms. The van der Waals surface area contributed by atoms with E-state index in [0.717, 1.165) is 12.1 Å². The molecular formula is C19H17ClF2N2O2. The fourth-order valence-corrected chi connectivity index (χ4v) is 3.16. The molecule has 1 heterocycles. The van der Waals surface area contributed by atoms with Crippen molar-refractivity contribution in [2.75, 3.05) is 18.4 Å². The van der Waals surface area contributed by atoms with Crippen molar-refractivity contribution in [3.05, 3.63) is 64.7 Å². The Hall–Kier alpha value is -2.47. The summed E-state index contributed by atoms with van der Waals surface area (Å²) in [4.78, 5) is 26.3. The molecule has 2 aromatic rings. The van der Waals surface area contributed by atoms with Crippen LogP contribution in [0.15, 0.2) is 42.5 Å². The van der Waals surface area contributed by atoms with Gasteiger partial charge < -0.3 is 10.2 Å². The molecule has 26 heavy (non-hydrogen) atoms. The molecule has 0 spiro atoms. The average molecular weight is 379 g/mol. The Morgan fingerprint density at radius 1 is 1.04 bits per heavy atom. The van der Waals surface area contributed by atoms with E-state index in [1.807, 2.05) is 0 Å².